The number of ether oxygens (including phenoxy) is 2. The maximum Gasteiger partial charge on any atom is 0.472 e. The van der Waals surface area contributed by atoms with Crippen molar-refractivity contribution in [3.05, 3.63) is 24.3 Å². The van der Waals surface area contributed by atoms with Crippen LogP contribution in [0.5, 0.6) is 0 Å². The highest BCUT2D eigenvalue weighted by atomic mass is 31.2. The maximum absolute atomic E-state index is 12.6. The minimum absolute atomic E-state index is 0.0459. The van der Waals surface area contributed by atoms with Crippen LogP contribution in [-0.4, -0.2) is 66.3 Å². The van der Waals surface area contributed by atoms with Crippen molar-refractivity contribution in [3.8, 4) is 0 Å². The predicted octanol–water partition coefficient (Wildman–Crippen LogP) is 11.9. The molecule has 0 aliphatic carbocycles. The number of unbranched alkanes of at least 4 members (excludes halogenated alkanes) is 24. The second kappa shape index (κ2) is 40.6. The highest BCUT2D eigenvalue weighted by Gasteiger charge is 2.26. The van der Waals surface area contributed by atoms with Crippen LogP contribution < -0.4 is 0 Å². The van der Waals surface area contributed by atoms with Gasteiger partial charge in [0.2, 0.25) is 0 Å². The molecule has 0 rings (SSSR count). The number of phosphoric acid groups is 1. The molecule has 0 aromatic rings. The normalized spacial score (nSPS) is 14.3. The van der Waals surface area contributed by atoms with Crippen molar-refractivity contribution >= 4 is 13.8 Å². The van der Waals surface area contributed by atoms with Gasteiger partial charge in [-0.15, -0.1) is 0 Å². The monoisotopic (exact) mass is 775 g/mol. The molecule has 0 aliphatic rings. The lowest BCUT2D eigenvalue weighted by molar-refractivity contribution is -0.154. The summed E-state index contributed by atoms with van der Waals surface area (Å²) in [5, 5.41) is 18.3. The Labute approximate surface area is 325 Å². The summed E-state index contributed by atoms with van der Waals surface area (Å²) in [5.74, 6) is -0.384. The van der Waals surface area contributed by atoms with Crippen LogP contribution in [0.2, 0.25) is 0 Å². The number of phosphoric ester groups is 1. The molecule has 0 saturated heterocycles. The number of hydrogen-bond donors (Lipinski definition) is 3. The van der Waals surface area contributed by atoms with Gasteiger partial charge in [-0.05, 0) is 44.9 Å². The van der Waals surface area contributed by atoms with Crippen LogP contribution in [0.3, 0.4) is 0 Å². The fourth-order valence-electron chi connectivity index (χ4n) is 6.03. The lowest BCUT2D eigenvalue weighted by atomic mass is 10.0. The Morgan fingerprint density at radius 1 is 0.585 bits per heavy atom. The van der Waals surface area contributed by atoms with E-state index in [0.29, 0.717) is 6.61 Å². The van der Waals surface area contributed by atoms with Gasteiger partial charge in [-0.3, -0.25) is 13.8 Å². The minimum atomic E-state index is -4.52. The van der Waals surface area contributed by atoms with Gasteiger partial charge in [0, 0.05) is 13.0 Å². The van der Waals surface area contributed by atoms with Crippen molar-refractivity contribution in [2.45, 2.75) is 212 Å². The third-order valence-corrected chi connectivity index (χ3v) is 10.3. The van der Waals surface area contributed by atoms with E-state index >= 15 is 0 Å². The Kier molecular flexibility index (Phi) is 39.8. The number of aliphatic hydroxyl groups excluding tert-OH is 2. The molecule has 10 heteroatoms. The number of allylic oxidation sites excluding steroid dienone is 4. The molecule has 53 heavy (non-hydrogen) atoms. The van der Waals surface area contributed by atoms with Crippen LogP contribution >= 0.6 is 7.82 Å². The predicted molar refractivity (Wildman–Crippen MR) is 219 cm³/mol. The summed E-state index contributed by atoms with van der Waals surface area (Å²) < 4.78 is 33.4. The average Bonchev–Trinajstić information content (AvgIpc) is 3.15. The van der Waals surface area contributed by atoms with Crippen molar-refractivity contribution in [3.63, 3.8) is 0 Å². The molecule has 0 aliphatic heterocycles. The first kappa shape index (κ1) is 51.9. The van der Waals surface area contributed by atoms with E-state index in [1.807, 2.05) is 0 Å². The van der Waals surface area contributed by atoms with Gasteiger partial charge >= 0.3 is 13.8 Å². The van der Waals surface area contributed by atoms with E-state index in [4.69, 9.17) is 23.6 Å². The van der Waals surface area contributed by atoms with E-state index in [2.05, 4.69) is 38.2 Å². The molecule has 314 valence electrons. The highest BCUT2D eigenvalue weighted by Crippen LogP contribution is 2.43. The summed E-state index contributed by atoms with van der Waals surface area (Å²) in [7, 11) is -4.52. The summed E-state index contributed by atoms with van der Waals surface area (Å²) in [6.07, 6.45) is 41.3. The lowest BCUT2D eigenvalue weighted by Gasteiger charge is -2.20. The van der Waals surface area contributed by atoms with Gasteiger partial charge in [0.05, 0.1) is 26.4 Å². The molecule has 0 amide bonds. The zero-order chi connectivity index (χ0) is 38.9. The Hall–Kier alpha value is -1.06. The second-order valence-electron chi connectivity index (χ2n) is 14.7. The zero-order valence-corrected chi connectivity index (χ0v) is 35.1. The SMILES string of the molecule is CCCCC/C=C\C/C=C\CCCCCCCCOCC(COP(=O)(O)OCC(O)CO)OC(=O)CCCCCCCCCCCCCCCCCC. The van der Waals surface area contributed by atoms with E-state index in [1.165, 1.54) is 128 Å². The molecule has 0 aromatic heterocycles. The van der Waals surface area contributed by atoms with E-state index in [1.54, 1.807) is 0 Å². The maximum atomic E-state index is 12.6. The molecule has 0 spiro atoms. The van der Waals surface area contributed by atoms with E-state index < -0.39 is 33.2 Å². The van der Waals surface area contributed by atoms with Crippen LogP contribution in [0.1, 0.15) is 200 Å². The summed E-state index contributed by atoms with van der Waals surface area (Å²) in [6, 6.07) is 0. The topological polar surface area (TPSA) is 132 Å². The Morgan fingerprint density at radius 2 is 1.02 bits per heavy atom. The fourth-order valence-corrected chi connectivity index (χ4v) is 6.82. The van der Waals surface area contributed by atoms with Gasteiger partial charge in [0.1, 0.15) is 12.2 Å². The Morgan fingerprint density at radius 3 is 1.55 bits per heavy atom. The summed E-state index contributed by atoms with van der Waals surface area (Å²) in [5.41, 5.74) is 0. The molecular weight excluding hydrogens is 691 g/mol. The minimum Gasteiger partial charge on any atom is -0.457 e. The summed E-state index contributed by atoms with van der Waals surface area (Å²) >= 11 is 0. The quantitative estimate of drug-likeness (QED) is 0.0240. The molecule has 9 nitrogen and oxygen atoms in total. The third kappa shape index (κ3) is 40.4. The first-order valence-electron chi connectivity index (χ1n) is 21.8. The van der Waals surface area contributed by atoms with Crippen LogP contribution in [0.25, 0.3) is 0 Å². The Balaban J connectivity index is 4.16. The zero-order valence-electron chi connectivity index (χ0n) is 34.2. The molecule has 0 fully saturated rings. The van der Waals surface area contributed by atoms with Gasteiger partial charge < -0.3 is 24.6 Å². The van der Waals surface area contributed by atoms with Crippen molar-refractivity contribution in [1.82, 2.24) is 0 Å². The van der Waals surface area contributed by atoms with Crippen LogP contribution in [0, 0.1) is 0 Å². The standard InChI is InChI=1S/C43H83O9P/c1-3-5-7-9-11-13-15-17-19-21-23-25-27-29-31-33-35-43(46)52-42(40-51-53(47,48)50-38-41(45)37-44)39-49-36-34-32-30-28-26-24-22-20-18-16-14-12-10-8-6-4-2/h12,14,18,20,41-42,44-45H,3-11,13,15-17,19,21-40H2,1-2H3,(H,47,48)/b14-12-,20-18-. The summed E-state index contributed by atoms with van der Waals surface area (Å²) in [4.78, 5) is 22.6. The molecule has 3 N–H and O–H groups in total. The number of esters is 1. The van der Waals surface area contributed by atoms with Gasteiger partial charge in [-0.1, -0.05) is 173 Å². The molecule has 3 atom stereocenters. The average molecular weight is 775 g/mol. The molecule has 0 radical (unpaired) electrons. The molecule has 0 aromatic carbocycles. The molecule has 0 heterocycles. The van der Waals surface area contributed by atoms with Crippen LogP contribution in [0.4, 0.5) is 0 Å². The van der Waals surface area contributed by atoms with Gasteiger partial charge in [-0.25, -0.2) is 4.57 Å². The van der Waals surface area contributed by atoms with Crippen molar-refractivity contribution in [2.24, 2.45) is 0 Å². The van der Waals surface area contributed by atoms with Crippen molar-refractivity contribution in [2.75, 3.05) is 33.0 Å². The fraction of sp³-hybridized carbons (Fsp3) is 0.884. The summed E-state index contributed by atoms with van der Waals surface area (Å²) in [6.45, 7) is 3.50. The van der Waals surface area contributed by atoms with Crippen LogP contribution in [0.15, 0.2) is 24.3 Å². The lowest BCUT2D eigenvalue weighted by Crippen LogP contribution is -2.29. The second-order valence-corrected chi connectivity index (χ2v) is 16.2. The first-order chi connectivity index (χ1) is 25.8. The van der Waals surface area contributed by atoms with Crippen molar-refractivity contribution in [1.29, 1.82) is 0 Å². The molecular formula is C43H83O9P. The van der Waals surface area contributed by atoms with Gasteiger partial charge in [-0.2, -0.15) is 0 Å². The van der Waals surface area contributed by atoms with Gasteiger partial charge in [0.25, 0.3) is 0 Å². The number of rotatable bonds is 42. The number of hydrogen-bond acceptors (Lipinski definition) is 8. The van der Waals surface area contributed by atoms with Gasteiger partial charge in [0.15, 0.2) is 0 Å². The van der Waals surface area contributed by atoms with Crippen molar-refractivity contribution < 1.29 is 43.0 Å². The first-order valence-corrected chi connectivity index (χ1v) is 23.3. The van der Waals surface area contributed by atoms with E-state index in [0.717, 1.165) is 51.4 Å². The molecule has 3 unspecified atom stereocenters. The van der Waals surface area contributed by atoms with E-state index in [-0.39, 0.29) is 25.6 Å². The number of carbonyl (C=O) groups excluding carboxylic acids is 1. The van der Waals surface area contributed by atoms with Crippen LogP contribution in [-0.2, 0) is 27.9 Å². The Bertz CT molecular complexity index is 882. The third-order valence-electron chi connectivity index (χ3n) is 9.39. The largest absolute Gasteiger partial charge is 0.472 e. The number of aliphatic hydroxyl groups is 2. The smallest absolute Gasteiger partial charge is 0.457 e. The molecule has 0 saturated carbocycles. The molecule has 0 bridgehead atoms. The number of carbonyl (C=O) groups is 1. The highest BCUT2D eigenvalue weighted by molar-refractivity contribution is 7.47. The van der Waals surface area contributed by atoms with E-state index in [9.17, 15) is 19.4 Å².